The van der Waals surface area contributed by atoms with Gasteiger partial charge in [0.05, 0.1) is 12.1 Å². The van der Waals surface area contributed by atoms with Gasteiger partial charge in [-0.15, -0.1) is 0 Å². The van der Waals surface area contributed by atoms with Gasteiger partial charge in [-0.1, -0.05) is 0 Å². The lowest BCUT2D eigenvalue weighted by Crippen LogP contribution is -2.33. The lowest BCUT2D eigenvalue weighted by atomic mass is 10.1. The van der Waals surface area contributed by atoms with Crippen molar-refractivity contribution in [2.45, 2.75) is 19.5 Å². The first-order chi connectivity index (χ1) is 9.87. The number of hydrogen-bond acceptors (Lipinski definition) is 4. The Morgan fingerprint density at radius 3 is 2.90 bits per heavy atom. The van der Waals surface area contributed by atoms with Crippen LogP contribution in [0.3, 0.4) is 0 Å². The number of anilines is 1. The van der Waals surface area contributed by atoms with E-state index in [4.69, 9.17) is 5.26 Å². The zero-order valence-electron chi connectivity index (χ0n) is 11.7. The molecule has 1 unspecified atom stereocenters. The Hall–Kier alpha value is -1.81. The van der Waals surface area contributed by atoms with E-state index >= 15 is 0 Å². The van der Waals surface area contributed by atoms with Gasteiger partial charge in [0.1, 0.15) is 11.9 Å². The van der Waals surface area contributed by atoms with Gasteiger partial charge in [0.15, 0.2) is 0 Å². The molecule has 4 nitrogen and oxygen atoms in total. The Morgan fingerprint density at radius 1 is 1.48 bits per heavy atom. The van der Waals surface area contributed by atoms with Crippen molar-refractivity contribution in [1.29, 1.82) is 5.26 Å². The summed E-state index contributed by atoms with van der Waals surface area (Å²) in [6.07, 6.45) is -3.43. The smallest absolute Gasteiger partial charge is 0.369 e. The van der Waals surface area contributed by atoms with Gasteiger partial charge in [0.2, 0.25) is 0 Å². The second kappa shape index (κ2) is 6.31. The number of nitriles is 1. The minimum Gasteiger partial charge on any atom is -0.369 e. The van der Waals surface area contributed by atoms with Crippen molar-refractivity contribution in [3.8, 4) is 6.07 Å². The van der Waals surface area contributed by atoms with Crippen molar-refractivity contribution in [3.63, 3.8) is 0 Å². The Morgan fingerprint density at radius 2 is 2.24 bits per heavy atom. The van der Waals surface area contributed by atoms with Crippen LogP contribution in [0.4, 0.5) is 19.0 Å². The van der Waals surface area contributed by atoms with Crippen LogP contribution in [0.1, 0.15) is 17.7 Å². The quantitative estimate of drug-likeness (QED) is 0.928. The molecule has 1 saturated heterocycles. The van der Waals surface area contributed by atoms with E-state index in [1.807, 2.05) is 6.92 Å². The third-order valence-corrected chi connectivity index (χ3v) is 3.49. The summed E-state index contributed by atoms with van der Waals surface area (Å²) in [4.78, 5) is 5.67. The average molecular weight is 298 g/mol. The monoisotopic (exact) mass is 298 g/mol. The first kappa shape index (κ1) is 15.6. The molecule has 114 valence electrons. The minimum atomic E-state index is -4.14. The maximum Gasteiger partial charge on any atom is 0.401 e. The second-order valence-electron chi connectivity index (χ2n) is 5.35. The largest absolute Gasteiger partial charge is 0.401 e. The number of hydrogen-bond donors (Lipinski definition) is 1. The predicted octanol–water partition coefficient (Wildman–Crippen LogP) is 2.56. The molecule has 2 heterocycles. The maximum atomic E-state index is 12.3. The number of aromatic nitrogens is 1. The lowest BCUT2D eigenvalue weighted by molar-refractivity contribution is -0.143. The number of pyridine rings is 1. The summed E-state index contributed by atoms with van der Waals surface area (Å²) in [5.74, 6) is 0.646. The van der Waals surface area contributed by atoms with Crippen LogP contribution in [0.25, 0.3) is 0 Å². The van der Waals surface area contributed by atoms with E-state index in [0.29, 0.717) is 31.0 Å². The molecular formula is C14H17F3N4. The lowest BCUT2D eigenvalue weighted by Gasteiger charge is -2.18. The van der Waals surface area contributed by atoms with Gasteiger partial charge in [-0.25, -0.2) is 4.98 Å². The topological polar surface area (TPSA) is 52.0 Å². The number of alkyl halides is 3. The number of aryl methyl sites for hydroxylation is 1. The molecule has 0 aliphatic carbocycles. The highest BCUT2D eigenvalue weighted by atomic mass is 19.4. The van der Waals surface area contributed by atoms with E-state index in [9.17, 15) is 13.2 Å². The number of likely N-dealkylation sites (tertiary alicyclic amines) is 1. The fourth-order valence-corrected chi connectivity index (χ4v) is 2.50. The van der Waals surface area contributed by atoms with Gasteiger partial charge in [0.25, 0.3) is 0 Å². The molecule has 1 aromatic rings. The second-order valence-corrected chi connectivity index (χ2v) is 5.35. The van der Waals surface area contributed by atoms with Crippen molar-refractivity contribution in [3.05, 3.63) is 23.4 Å². The van der Waals surface area contributed by atoms with Gasteiger partial charge >= 0.3 is 6.18 Å². The van der Waals surface area contributed by atoms with Crippen LogP contribution in [0.2, 0.25) is 0 Å². The Balaban J connectivity index is 1.88. The molecule has 21 heavy (non-hydrogen) atoms. The van der Waals surface area contributed by atoms with Crippen molar-refractivity contribution in [2.75, 3.05) is 31.5 Å². The molecule has 1 aromatic heterocycles. The van der Waals surface area contributed by atoms with Gasteiger partial charge in [0, 0.05) is 18.8 Å². The molecule has 0 aromatic carbocycles. The van der Waals surface area contributed by atoms with Gasteiger partial charge < -0.3 is 5.32 Å². The van der Waals surface area contributed by atoms with Crippen LogP contribution in [0.5, 0.6) is 0 Å². The summed E-state index contributed by atoms with van der Waals surface area (Å²) in [6, 6.07) is 5.50. The summed E-state index contributed by atoms with van der Waals surface area (Å²) < 4.78 is 37.0. The molecular weight excluding hydrogens is 281 g/mol. The average Bonchev–Trinajstić information content (AvgIpc) is 2.82. The zero-order valence-corrected chi connectivity index (χ0v) is 11.7. The van der Waals surface area contributed by atoms with Crippen LogP contribution in [-0.2, 0) is 0 Å². The highest BCUT2D eigenvalue weighted by Crippen LogP contribution is 2.23. The standard InChI is InChI=1S/C14H17F3N4/c1-10-2-3-12(6-18)13(20-10)19-7-11-4-5-21(8-11)9-14(15,16)17/h2-3,11H,4-5,7-9H2,1H3,(H,19,20). The number of halogens is 3. The van der Waals surface area contributed by atoms with E-state index in [1.54, 1.807) is 12.1 Å². The SMILES string of the molecule is Cc1ccc(C#N)c(NCC2CCN(CC(F)(F)F)C2)n1. The van der Waals surface area contributed by atoms with E-state index in [0.717, 1.165) is 12.1 Å². The molecule has 0 amide bonds. The maximum absolute atomic E-state index is 12.3. The van der Waals surface area contributed by atoms with Crippen LogP contribution < -0.4 is 5.32 Å². The van der Waals surface area contributed by atoms with Crippen molar-refractivity contribution in [2.24, 2.45) is 5.92 Å². The zero-order chi connectivity index (χ0) is 15.5. The highest BCUT2D eigenvalue weighted by Gasteiger charge is 2.34. The molecule has 1 N–H and O–H groups in total. The Kier molecular flexibility index (Phi) is 4.68. The normalized spacial score (nSPS) is 19.5. The number of nitrogens with zero attached hydrogens (tertiary/aromatic N) is 3. The molecule has 2 rings (SSSR count). The molecule has 1 atom stereocenters. The van der Waals surface area contributed by atoms with E-state index in [-0.39, 0.29) is 5.92 Å². The summed E-state index contributed by atoms with van der Waals surface area (Å²) in [5.41, 5.74) is 1.24. The summed E-state index contributed by atoms with van der Waals surface area (Å²) in [6.45, 7) is 2.38. The predicted molar refractivity (Wildman–Crippen MR) is 72.8 cm³/mol. The van der Waals surface area contributed by atoms with E-state index in [2.05, 4.69) is 16.4 Å². The summed E-state index contributed by atoms with van der Waals surface area (Å²) in [5, 5.41) is 12.1. The Labute approximate surface area is 121 Å². The van der Waals surface area contributed by atoms with Crippen molar-refractivity contribution >= 4 is 5.82 Å². The minimum absolute atomic E-state index is 0.140. The van der Waals surface area contributed by atoms with Gasteiger partial charge in [-0.3, -0.25) is 4.90 Å². The molecule has 1 aliphatic heterocycles. The summed E-state index contributed by atoms with van der Waals surface area (Å²) in [7, 11) is 0. The molecule has 7 heteroatoms. The third-order valence-electron chi connectivity index (χ3n) is 3.49. The van der Waals surface area contributed by atoms with Crippen molar-refractivity contribution in [1.82, 2.24) is 9.88 Å². The van der Waals surface area contributed by atoms with Crippen LogP contribution in [-0.4, -0.2) is 42.2 Å². The van der Waals surface area contributed by atoms with Gasteiger partial charge in [-0.05, 0) is 37.9 Å². The first-order valence-corrected chi connectivity index (χ1v) is 6.78. The van der Waals surface area contributed by atoms with E-state index < -0.39 is 12.7 Å². The van der Waals surface area contributed by atoms with Crippen LogP contribution >= 0.6 is 0 Å². The number of rotatable bonds is 4. The fourth-order valence-electron chi connectivity index (χ4n) is 2.50. The number of nitrogens with one attached hydrogen (secondary N) is 1. The molecule has 1 fully saturated rings. The molecule has 0 spiro atoms. The first-order valence-electron chi connectivity index (χ1n) is 6.78. The molecule has 0 bridgehead atoms. The molecule has 1 aliphatic rings. The van der Waals surface area contributed by atoms with E-state index in [1.165, 1.54) is 4.90 Å². The highest BCUT2D eigenvalue weighted by molar-refractivity contribution is 5.52. The van der Waals surface area contributed by atoms with Crippen LogP contribution in [0.15, 0.2) is 12.1 Å². The van der Waals surface area contributed by atoms with Crippen LogP contribution in [0, 0.1) is 24.2 Å². The Bertz CT molecular complexity index is 536. The molecule has 0 saturated carbocycles. The van der Waals surface area contributed by atoms with Gasteiger partial charge in [-0.2, -0.15) is 18.4 Å². The summed E-state index contributed by atoms with van der Waals surface area (Å²) >= 11 is 0. The van der Waals surface area contributed by atoms with Crippen molar-refractivity contribution < 1.29 is 13.2 Å². The third kappa shape index (κ3) is 4.60. The fraction of sp³-hybridized carbons (Fsp3) is 0.571. The molecule has 0 radical (unpaired) electrons.